The number of aromatic amines is 1. The largest absolute Gasteiger partial charge is 0.511 e. The van der Waals surface area contributed by atoms with Gasteiger partial charge in [0.2, 0.25) is 5.91 Å². The van der Waals surface area contributed by atoms with Gasteiger partial charge in [-0.2, -0.15) is 0 Å². The summed E-state index contributed by atoms with van der Waals surface area (Å²) in [7, 11) is 0. The maximum absolute atomic E-state index is 11.5. The van der Waals surface area contributed by atoms with Crippen LogP contribution in [0.4, 0.5) is 10.6 Å². The van der Waals surface area contributed by atoms with E-state index < -0.39 is 12.1 Å². The van der Waals surface area contributed by atoms with E-state index in [9.17, 15) is 14.7 Å². The number of rotatable bonds is 5. The molecule has 4 rings (SSSR count). The Hall–Kier alpha value is -3.48. The van der Waals surface area contributed by atoms with Crippen molar-refractivity contribution in [2.75, 3.05) is 18.0 Å². The number of piperidine rings is 1. The summed E-state index contributed by atoms with van der Waals surface area (Å²) in [6, 6.07) is 15.3. The molecule has 3 aromatic rings. The summed E-state index contributed by atoms with van der Waals surface area (Å²) >= 11 is 0. The molecule has 7 nitrogen and oxygen atoms in total. The molecule has 2 heterocycles. The fourth-order valence-corrected chi connectivity index (χ4v) is 4.03. The first-order valence-corrected chi connectivity index (χ1v) is 9.66. The average molecular weight is 393 g/mol. The van der Waals surface area contributed by atoms with Crippen LogP contribution in [0.1, 0.15) is 28.8 Å². The topological polar surface area (TPSA) is 109 Å². The molecule has 7 heteroatoms. The minimum Gasteiger partial charge on any atom is -0.449 e. The van der Waals surface area contributed by atoms with Crippen LogP contribution in [0.25, 0.3) is 10.9 Å². The molecule has 0 saturated carbocycles. The fourth-order valence-electron chi connectivity index (χ4n) is 4.03. The maximum atomic E-state index is 11.5. The lowest BCUT2D eigenvalue weighted by Gasteiger charge is -2.33. The first-order chi connectivity index (χ1) is 14.0. The van der Waals surface area contributed by atoms with Crippen molar-refractivity contribution >= 4 is 28.8 Å². The summed E-state index contributed by atoms with van der Waals surface area (Å²) in [6.45, 7) is 1.59. The molecule has 1 saturated heterocycles. The Morgan fingerprint density at radius 2 is 1.86 bits per heavy atom. The first-order valence-electron chi connectivity index (χ1n) is 9.66. The highest BCUT2D eigenvalue weighted by molar-refractivity contribution is 6.01. The Labute approximate surface area is 168 Å². The van der Waals surface area contributed by atoms with Gasteiger partial charge in [-0.1, -0.05) is 30.3 Å². The number of nitrogens with zero attached hydrogens (tertiary/aromatic N) is 1. The van der Waals surface area contributed by atoms with E-state index in [-0.39, 0.29) is 5.75 Å². The molecule has 1 aromatic heterocycles. The number of nitrogens with two attached hydrogens (primary N) is 1. The molecule has 150 valence electrons. The molecule has 2 aromatic carbocycles. The van der Waals surface area contributed by atoms with E-state index in [0.717, 1.165) is 32.4 Å². The van der Waals surface area contributed by atoms with Gasteiger partial charge in [-0.3, -0.25) is 4.79 Å². The highest BCUT2D eigenvalue weighted by Gasteiger charge is 2.26. The Morgan fingerprint density at radius 3 is 2.52 bits per heavy atom. The highest BCUT2D eigenvalue weighted by Crippen LogP contribution is 2.39. The van der Waals surface area contributed by atoms with Crippen LogP contribution >= 0.6 is 0 Å². The Balaban J connectivity index is 1.57. The lowest BCUT2D eigenvalue weighted by molar-refractivity contribution is 0.100. The van der Waals surface area contributed by atoms with Gasteiger partial charge in [0.15, 0.2) is 11.6 Å². The lowest BCUT2D eigenvalue weighted by Crippen LogP contribution is -2.34. The minimum atomic E-state index is -1.39. The molecule has 4 N–H and O–H groups in total. The van der Waals surface area contributed by atoms with Gasteiger partial charge in [-0.15, -0.1) is 0 Å². The molecule has 0 atom stereocenters. The number of amides is 1. The van der Waals surface area contributed by atoms with E-state index in [1.54, 1.807) is 18.2 Å². The van der Waals surface area contributed by atoms with Crippen molar-refractivity contribution in [3.63, 3.8) is 0 Å². The van der Waals surface area contributed by atoms with Gasteiger partial charge in [-0.05, 0) is 48.9 Å². The van der Waals surface area contributed by atoms with Gasteiger partial charge in [0.25, 0.3) is 0 Å². The molecule has 0 radical (unpaired) electrons. The van der Waals surface area contributed by atoms with Gasteiger partial charge in [0.05, 0.1) is 5.52 Å². The normalized spacial score (nSPS) is 14.8. The van der Waals surface area contributed by atoms with Crippen LogP contribution in [0.2, 0.25) is 0 Å². The Bertz CT molecular complexity index is 1040. The number of carbonyl (C=O) groups excluding carboxylic acids is 1. The number of anilines is 1. The number of ether oxygens (including phenoxy) is 1. The molecule has 1 amide bonds. The van der Waals surface area contributed by atoms with Crippen molar-refractivity contribution in [2.45, 2.75) is 19.3 Å². The second-order valence-corrected chi connectivity index (χ2v) is 7.42. The summed E-state index contributed by atoms with van der Waals surface area (Å²) in [5.74, 6) is 0.861. The first kappa shape index (κ1) is 18.9. The zero-order valence-electron chi connectivity index (χ0n) is 15.9. The molecule has 0 spiro atoms. The lowest BCUT2D eigenvalue weighted by atomic mass is 9.90. The third-order valence-electron chi connectivity index (χ3n) is 5.50. The summed E-state index contributed by atoms with van der Waals surface area (Å²) < 4.78 is 5.10. The molecular weight excluding hydrogens is 370 g/mol. The number of nitrogens with one attached hydrogen (secondary N) is 1. The smallest absolute Gasteiger partial charge is 0.449 e. The second-order valence-electron chi connectivity index (χ2n) is 7.42. The van der Waals surface area contributed by atoms with Crippen LogP contribution in [-0.2, 0) is 6.42 Å². The molecular formula is C22H23N3O4. The number of aromatic nitrogens is 1. The number of hydrogen-bond acceptors (Lipinski definition) is 4. The van der Waals surface area contributed by atoms with Crippen LogP contribution in [0, 0.1) is 5.92 Å². The Morgan fingerprint density at radius 1 is 1.14 bits per heavy atom. The van der Waals surface area contributed by atoms with Gasteiger partial charge in [0, 0.05) is 24.0 Å². The fraction of sp³-hybridized carbons (Fsp3) is 0.273. The van der Waals surface area contributed by atoms with Crippen LogP contribution in [0.3, 0.4) is 0 Å². The number of carboxylic acid groups (broad SMARTS) is 1. The van der Waals surface area contributed by atoms with Crippen molar-refractivity contribution in [3.8, 4) is 5.75 Å². The molecule has 0 aliphatic carbocycles. The van der Waals surface area contributed by atoms with Gasteiger partial charge in [-0.25, -0.2) is 4.79 Å². The zero-order valence-corrected chi connectivity index (χ0v) is 15.9. The quantitative estimate of drug-likeness (QED) is 0.572. The molecule has 29 heavy (non-hydrogen) atoms. The van der Waals surface area contributed by atoms with Gasteiger partial charge in [0.1, 0.15) is 0 Å². The number of hydrogen-bond donors (Lipinski definition) is 3. The predicted molar refractivity (Wildman–Crippen MR) is 111 cm³/mol. The number of primary amides is 1. The SMILES string of the molecule is NC(=O)c1ccc2[nH]c(N3CCC(Cc4ccccc4)CC3)c(OC(=O)O)c2c1. The molecule has 0 bridgehead atoms. The van der Waals surface area contributed by atoms with E-state index in [4.69, 9.17) is 10.5 Å². The standard InChI is InChI=1S/C22H23N3O4/c23-20(26)16-6-7-18-17(13-16)19(29-22(27)28)21(24-18)25-10-8-15(9-11-25)12-14-4-2-1-3-5-14/h1-7,13,15,24H,8-12H2,(H2,23,26)(H,27,28). The number of carbonyl (C=O) groups is 2. The van der Waals surface area contributed by atoms with Crippen molar-refractivity contribution in [1.82, 2.24) is 4.98 Å². The average Bonchev–Trinajstić information content (AvgIpc) is 3.06. The van der Waals surface area contributed by atoms with Crippen LogP contribution in [-0.4, -0.2) is 35.2 Å². The maximum Gasteiger partial charge on any atom is 0.511 e. The second kappa shape index (κ2) is 7.87. The highest BCUT2D eigenvalue weighted by atomic mass is 16.7. The van der Waals surface area contributed by atoms with E-state index in [0.29, 0.717) is 28.2 Å². The van der Waals surface area contributed by atoms with Crippen molar-refractivity contribution in [2.24, 2.45) is 11.7 Å². The van der Waals surface area contributed by atoms with Crippen molar-refractivity contribution in [1.29, 1.82) is 0 Å². The van der Waals surface area contributed by atoms with Crippen LogP contribution < -0.4 is 15.4 Å². The summed E-state index contributed by atoms with van der Waals surface area (Å²) in [4.78, 5) is 28.2. The molecule has 1 fully saturated rings. The molecule has 0 unspecified atom stereocenters. The molecule has 1 aliphatic heterocycles. The summed E-state index contributed by atoms with van der Waals surface area (Å²) in [6.07, 6.45) is 1.66. The summed E-state index contributed by atoms with van der Waals surface area (Å²) in [5, 5.41) is 9.74. The number of H-pyrrole nitrogens is 1. The number of benzene rings is 2. The van der Waals surface area contributed by atoms with E-state index in [1.165, 1.54) is 5.56 Å². The van der Waals surface area contributed by atoms with E-state index >= 15 is 0 Å². The monoisotopic (exact) mass is 393 g/mol. The van der Waals surface area contributed by atoms with E-state index in [1.807, 2.05) is 6.07 Å². The predicted octanol–water partition coefficient (Wildman–Crippen LogP) is 3.78. The molecule has 1 aliphatic rings. The Kier molecular flexibility index (Phi) is 5.12. The zero-order chi connectivity index (χ0) is 20.4. The summed E-state index contributed by atoms with van der Waals surface area (Å²) in [5.41, 5.74) is 7.71. The third kappa shape index (κ3) is 4.03. The van der Waals surface area contributed by atoms with Crippen LogP contribution in [0.5, 0.6) is 5.75 Å². The van der Waals surface area contributed by atoms with Gasteiger partial charge < -0.3 is 25.5 Å². The van der Waals surface area contributed by atoms with Crippen LogP contribution in [0.15, 0.2) is 48.5 Å². The third-order valence-corrected chi connectivity index (χ3v) is 5.50. The number of fused-ring (bicyclic) bond motifs is 1. The van der Waals surface area contributed by atoms with Crippen molar-refractivity contribution in [3.05, 3.63) is 59.7 Å². The van der Waals surface area contributed by atoms with Gasteiger partial charge >= 0.3 is 6.16 Å². The van der Waals surface area contributed by atoms with Crippen molar-refractivity contribution < 1.29 is 19.4 Å². The minimum absolute atomic E-state index is 0.220. The van der Waals surface area contributed by atoms with E-state index in [2.05, 4.69) is 34.1 Å².